The van der Waals surface area contributed by atoms with Crippen LogP contribution in [-0.4, -0.2) is 44.9 Å². The molecular formula is C28H31N5O3. The number of hydrogen-bond acceptors (Lipinski definition) is 6. The van der Waals surface area contributed by atoms with Crippen molar-refractivity contribution in [3.05, 3.63) is 77.7 Å². The number of nitrogens with zero attached hydrogens (tertiary/aromatic N) is 4. The Kier molecular flexibility index (Phi) is 6.43. The van der Waals surface area contributed by atoms with Crippen LogP contribution < -0.4 is 5.32 Å². The number of carbonyl (C=O) groups is 2. The highest BCUT2D eigenvalue weighted by Crippen LogP contribution is 2.45. The molecule has 3 aromatic rings. The summed E-state index contributed by atoms with van der Waals surface area (Å²) >= 11 is 0. The van der Waals surface area contributed by atoms with Crippen LogP contribution in [0.4, 0.5) is 0 Å². The first kappa shape index (κ1) is 23.9. The van der Waals surface area contributed by atoms with E-state index < -0.39 is 0 Å². The van der Waals surface area contributed by atoms with Crippen LogP contribution in [0.3, 0.4) is 0 Å². The molecular weight excluding hydrogens is 454 g/mol. The van der Waals surface area contributed by atoms with Gasteiger partial charge in [0.2, 0.25) is 5.91 Å². The van der Waals surface area contributed by atoms with Crippen molar-refractivity contribution in [2.45, 2.75) is 57.4 Å². The average Bonchev–Trinajstić information content (AvgIpc) is 3.45. The van der Waals surface area contributed by atoms with Crippen molar-refractivity contribution in [3.8, 4) is 11.1 Å². The zero-order valence-corrected chi connectivity index (χ0v) is 20.8. The smallest absolute Gasteiger partial charge is 0.315 e. The predicted octanol–water partition coefficient (Wildman–Crippen LogP) is 4.31. The molecule has 0 spiro atoms. The fourth-order valence-electron chi connectivity index (χ4n) is 4.84. The summed E-state index contributed by atoms with van der Waals surface area (Å²) in [5.41, 5.74) is 5.39. The van der Waals surface area contributed by atoms with E-state index in [1.807, 2.05) is 30.2 Å². The molecule has 8 heteroatoms. The van der Waals surface area contributed by atoms with Gasteiger partial charge in [-0.1, -0.05) is 36.9 Å². The highest BCUT2D eigenvalue weighted by Gasteiger charge is 2.44. The number of aryl methyl sites for hydroxylation is 1. The summed E-state index contributed by atoms with van der Waals surface area (Å²) in [5, 5.41) is 6.87. The first-order valence-electron chi connectivity index (χ1n) is 12.5. The lowest BCUT2D eigenvalue weighted by molar-refractivity contribution is -0.127. The van der Waals surface area contributed by atoms with E-state index in [2.05, 4.69) is 46.1 Å². The zero-order valence-electron chi connectivity index (χ0n) is 20.8. The molecule has 2 aromatic heterocycles. The number of hydrogen-bond donors (Lipinski definition) is 1. The number of amides is 2. The Balaban J connectivity index is 1.29. The van der Waals surface area contributed by atoms with Gasteiger partial charge in [0.25, 0.3) is 0 Å². The first-order chi connectivity index (χ1) is 17.4. The van der Waals surface area contributed by atoms with Gasteiger partial charge in [0, 0.05) is 43.4 Å². The number of likely N-dealkylation sites (tertiary alicyclic amines) is 1. The summed E-state index contributed by atoms with van der Waals surface area (Å²) in [6.07, 6.45) is 9.12. The molecule has 2 fully saturated rings. The summed E-state index contributed by atoms with van der Waals surface area (Å²) in [6, 6.07) is 8.28. The van der Waals surface area contributed by atoms with E-state index in [-0.39, 0.29) is 29.0 Å². The van der Waals surface area contributed by atoms with Gasteiger partial charge in [-0.05, 0) is 72.6 Å². The van der Waals surface area contributed by atoms with Crippen LogP contribution in [0.1, 0.15) is 71.7 Å². The number of nitrogens with one attached hydrogen (secondary N) is 1. The van der Waals surface area contributed by atoms with Crippen molar-refractivity contribution in [1.29, 1.82) is 0 Å². The lowest BCUT2D eigenvalue weighted by Crippen LogP contribution is -2.38. The van der Waals surface area contributed by atoms with Crippen LogP contribution in [0, 0.1) is 6.92 Å². The van der Waals surface area contributed by atoms with E-state index >= 15 is 0 Å². The lowest BCUT2D eigenvalue weighted by atomic mass is 9.86. The Morgan fingerprint density at radius 3 is 2.89 bits per heavy atom. The number of aromatic nitrogens is 3. The van der Waals surface area contributed by atoms with Crippen molar-refractivity contribution < 1.29 is 14.1 Å². The third-order valence-electron chi connectivity index (χ3n) is 7.45. The second kappa shape index (κ2) is 9.68. The molecule has 186 valence electrons. The van der Waals surface area contributed by atoms with Gasteiger partial charge < -0.3 is 14.7 Å². The van der Waals surface area contributed by atoms with Gasteiger partial charge >= 0.3 is 11.8 Å². The zero-order chi connectivity index (χ0) is 25.3. The Labute approximate surface area is 210 Å². The van der Waals surface area contributed by atoms with Gasteiger partial charge in [0.15, 0.2) is 5.82 Å². The standard InChI is InChI=1S/C28H31N5O3/c1-4-24(34)33-13-5-6-21(17-33)23-16-29-12-9-22(23)19-7-8-20(18(2)14-19)15-30-25(35)26-31-27(32-36-26)28(3)10-11-28/h4,7-9,12,14,16,21H,1,5-6,10-11,13,15,17H2,2-3H3,(H,30,35)/t21-/m1/s1. The van der Waals surface area contributed by atoms with Gasteiger partial charge in [0.1, 0.15) is 0 Å². The normalized spacial score (nSPS) is 18.5. The lowest BCUT2D eigenvalue weighted by Gasteiger charge is -2.33. The summed E-state index contributed by atoms with van der Waals surface area (Å²) in [7, 11) is 0. The molecule has 1 aromatic carbocycles. The average molecular weight is 486 g/mol. The Hall–Kier alpha value is -3.81. The van der Waals surface area contributed by atoms with E-state index in [0.29, 0.717) is 18.9 Å². The molecule has 0 bridgehead atoms. The molecule has 5 rings (SSSR count). The number of rotatable bonds is 7. The number of piperidine rings is 1. The second-order valence-electron chi connectivity index (χ2n) is 10.1. The quantitative estimate of drug-likeness (QED) is 0.501. The third-order valence-corrected chi connectivity index (χ3v) is 7.45. The van der Waals surface area contributed by atoms with Crippen LogP contribution >= 0.6 is 0 Å². The summed E-state index contributed by atoms with van der Waals surface area (Å²) in [5.74, 6) is 0.448. The van der Waals surface area contributed by atoms with Crippen molar-refractivity contribution >= 4 is 11.8 Å². The molecule has 1 saturated carbocycles. The fraction of sp³-hybridized carbons (Fsp3) is 0.393. The van der Waals surface area contributed by atoms with Crippen LogP contribution in [0.5, 0.6) is 0 Å². The van der Waals surface area contributed by atoms with Gasteiger partial charge in [-0.15, -0.1) is 0 Å². The Morgan fingerprint density at radius 1 is 1.31 bits per heavy atom. The molecule has 8 nitrogen and oxygen atoms in total. The molecule has 3 heterocycles. The first-order valence-corrected chi connectivity index (χ1v) is 12.5. The molecule has 1 N–H and O–H groups in total. The van der Waals surface area contributed by atoms with Gasteiger partial charge in [-0.3, -0.25) is 14.6 Å². The molecule has 2 amide bonds. The van der Waals surface area contributed by atoms with E-state index in [1.54, 1.807) is 6.20 Å². The van der Waals surface area contributed by atoms with Crippen molar-refractivity contribution in [1.82, 2.24) is 25.3 Å². The molecule has 1 aliphatic heterocycles. The van der Waals surface area contributed by atoms with Gasteiger partial charge in [0.05, 0.1) is 0 Å². The van der Waals surface area contributed by atoms with Gasteiger partial charge in [-0.2, -0.15) is 4.98 Å². The maximum absolute atomic E-state index is 12.5. The second-order valence-corrected chi connectivity index (χ2v) is 10.1. The summed E-state index contributed by atoms with van der Waals surface area (Å²) in [4.78, 5) is 35.3. The molecule has 0 unspecified atom stereocenters. The largest absolute Gasteiger partial charge is 0.344 e. The monoisotopic (exact) mass is 485 g/mol. The predicted molar refractivity (Wildman–Crippen MR) is 135 cm³/mol. The maximum atomic E-state index is 12.5. The van der Waals surface area contributed by atoms with E-state index in [1.165, 1.54) is 6.08 Å². The minimum absolute atomic E-state index is 0.00490. The van der Waals surface area contributed by atoms with E-state index in [4.69, 9.17) is 4.52 Å². The van der Waals surface area contributed by atoms with E-state index in [0.717, 1.165) is 60.0 Å². The molecule has 2 aliphatic rings. The summed E-state index contributed by atoms with van der Waals surface area (Å²) < 4.78 is 5.18. The van der Waals surface area contributed by atoms with Gasteiger partial charge in [-0.25, -0.2) is 0 Å². The molecule has 1 aliphatic carbocycles. The molecule has 1 atom stereocenters. The number of benzene rings is 1. The molecule has 36 heavy (non-hydrogen) atoms. The Bertz CT molecular complexity index is 1310. The van der Waals surface area contributed by atoms with Crippen LogP contribution in [0.15, 0.2) is 53.8 Å². The van der Waals surface area contributed by atoms with Crippen molar-refractivity contribution in [2.75, 3.05) is 13.1 Å². The minimum Gasteiger partial charge on any atom is -0.344 e. The third kappa shape index (κ3) is 4.80. The topological polar surface area (TPSA) is 101 Å². The fourth-order valence-corrected chi connectivity index (χ4v) is 4.84. The van der Waals surface area contributed by atoms with Crippen molar-refractivity contribution in [3.63, 3.8) is 0 Å². The summed E-state index contributed by atoms with van der Waals surface area (Å²) in [6.45, 7) is 9.54. The van der Waals surface area contributed by atoms with E-state index in [9.17, 15) is 9.59 Å². The minimum atomic E-state index is -0.367. The SMILES string of the molecule is C=CC(=O)N1CCC[C@@H](c2cnccc2-c2ccc(CNC(=O)c3nc(C4(C)CC4)no3)c(C)c2)C1. The van der Waals surface area contributed by atoms with Crippen LogP contribution in [0.2, 0.25) is 0 Å². The van der Waals surface area contributed by atoms with Crippen LogP contribution in [0.25, 0.3) is 11.1 Å². The number of pyridine rings is 1. The molecule has 0 radical (unpaired) electrons. The highest BCUT2D eigenvalue weighted by atomic mass is 16.5. The molecule has 1 saturated heterocycles. The highest BCUT2D eigenvalue weighted by molar-refractivity contribution is 5.89. The van der Waals surface area contributed by atoms with Crippen LogP contribution in [-0.2, 0) is 16.8 Å². The van der Waals surface area contributed by atoms with Crippen molar-refractivity contribution in [2.24, 2.45) is 0 Å². The number of carbonyl (C=O) groups excluding carboxylic acids is 2. The maximum Gasteiger partial charge on any atom is 0.315 e. The Morgan fingerprint density at radius 2 is 2.14 bits per heavy atom.